The highest BCUT2D eigenvalue weighted by Crippen LogP contribution is 2.26. The maximum absolute atomic E-state index is 11.8. The van der Waals surface area contributed by atoms with Crippen LogP contribution in [0.25, 0.3) is 0 Å². The first-order valence-electron chi connectivity index (χ1n) is 4.40. The summed E-state index contributed by atoms with van der Waals surface area (Å²) in [7, 11) is 0. The molecule has 0 spiro atoms. The number of benzene rings is 1. The predicted octanol–water partition coefficient (Wildman–Crippen LogP) is 2.24. The molecule has 0 fully saturated rings. The van der Waals surface area contributed by atoms with Crippen LogP contribution in [0, 0.1) is 0 Å². The molecular formula is C10H8BrNO3. The van der Waals surface area contributed by atoms with Crippen LogP contribution in [-0.4, -0.2) is 23.3 Å². The molecule has 5 heteroatoms. The molecular weight excluding hydrogens is 262 g/mol. The Morgan fingerprint density at radius 2 is 2.27 bits per heavy atom. The van der Waals surface area contributed by atoms with Crippen LogP contribution >= 0.6 is 15.9 Å². The zero-order valence-corrected chi connectivity index (χ0v) is 9.32. The van der Waals surface area contributed by atoms with E-state index in [-0.39, 0.29) is 11.5 Å². The van der Waals surface area contributed by atoms with Crippen molar-refractivity contribution in [3.05, 3.63) is 28.2 Å². The van der Waals surface area contributed by atoms with Crippen molar-refractivity contribution in [2.45, 2.75) is 6.42 Å². The van der Waals surface area contributed by atoms with Crippen LogP contribution in [0.5, 0.6) is 5.75 Å². The summed E-state index contributed by atoms with van der Waals surface area (Å²) in [6, 6.07) is 5.13. The second-order valence-corrected chi connectivity index (χ2v) is 4.03. The van der Waals surface area contributed by atoms with Gasteiger partial charge in [-0.05, 0) is 18.2 Å². The molecule has 0 saturated heterocycles. The van der Waals surface area contributed by atoms with Crippen molar-refractivity contribution in [3.8, 4) is 5.75 Å². The molecule has 1 N–H and O–H groups in total. The number of ether oxygens (including phenoxy) is 1. The monoisotopic (exact) mass is 269 g/mol. The molecule has 0 amide bonds. The van der Waals surface area contributed by atoms with Gasteiger partial charge in [0.15, 0.2) is 0 Å². The van der Waals surface area contributed by atoms with Gasteiger partial charge in [-0.15, -0.1) is 0 Å². The summed E-state index contributed by atoms with van der Waals surface area (Å²) in [5, 5.41) is 11.7. The summed E-state index contributed by atoms with van der Waals surface area (Å²) in [6.07, 6.45) is 0.321. The Kier molecular flexibility index (Phi) is 2.73. The van der Waals surface area contributed by atoms with Crippen molar-refractivity contribution in [2.24, 2.45) is 5.16 Å². The molecule has 0 bridgehead atoms. The number of ketones is 1. The molecule has 4 nitrogen and oxygen atoms in total. The molecule has 1 aromatic carbocycles. The Morgan fingerprint density at radius 1 is 1.47 bits per heavy atom. The predicted molar refractivity (Wildman–Crippen MR) is 57.8 cm³/mol. The minimum Gasteiger partial charge on any atom is -0.492 e. The zero-order chi connectivity index (χ0) is 10.8. The Morgan fingerprint density at radius 3 is 3.00 bits per heavy atom. The molecule has 0 atom stereocenters. The van der Waals surface area contributed by atoms with E-state index in [0.717, 1.165) is 4.47 Å². The number of hydrogen-bond acceptors (Lipinski definition) is 4. The van der Waals surface area contributed by atoms with Crippen molar-refractivity contribution >= 4 is 27.4 Å². The molecule has 78 valence electrons. The highest BCUT2D eigenvalue weighted by Gasteiger charge is 2.22. The highest BCUT2D eigenvalue weighted by atomic mass is 79.9. The molecule has 1 aliphatic rings. The van der Waals surface area contributed by atoms with E-state index >= 15 is 0 Å². The average molecular weight is 270 g/mol. The summed E-state index contributed by atoms with van der Waals surface area (Å²) in [6.45, 7) is 0.342. The minimum absolute atomic E-state index is 0.135. The fraction of sp³-hybridized carbons (Fsp3) is 0.200. The quantitative estimate of drug-likeness (QED) is 0.581. The Balaban J connectivity index is 2.52. The van der Waals surface area contributed by atoms with Gasteiger partial charge in [0.2, 0.25) is 5.78 Å². The number of oxime groups is 1. The molecule has 1 aromatic rings. The van der Waals surface area contributed by atoms with Gasteiger partial charge in [0.05, 0.1) is 12.2 Å². The van der Waals surface area contributed by atoms with Gasteiger partial charge in [0, 0.05) is 10.9 Å². The number of halogens is 1. The SMILES string of the molecule is O=C1/C(=N/O)CCOc2cc(Br)ccc21. The fourth-order valence-electron chi connectivity index (χ4n) is 1.43. The van der Waals surface area contributed by atoms with E-state index in [1.54, 1.807) is 18.2 Å². The summed E-state index contributed by atoms with van der Waals surface area (Å²) < 4.78 is 6.23. The van der Waals surface area contributed by atoms with Crippen LogP contribution in [0.1, 0.15) is 16.8 Å². The van der Waals surface area contributed by atoms with E-state index in [9.17, 15) is 4.79 Å². The van der Waals surface area contributed by atoms with Crippen molar-refractivity contribution in [1.29, 1.82) is 0 Å². The largest absolute Gasteiger partial charge is 0.492 e. The van der Waals surface area contributed by atoms with Crippen LogP contribution in [0.2, 0.25) is 0 Å². The van der Waals surface area contributed by atoms with E-state index in [4.69, 9.17) is 9.94 Å². The van der Waals surface area contributed by atoms with E-state index in [0.29, 0.717) is 24.3 Å². The number of Topliss-reactive ketones (excluding diaryl/α,β-unsaturated/α-hetero) is 1. The minimum atomic E-state index is -0.280. The van der Waals surface area contributed by atoms with E-state index < -0.39 is 0 Å². The molecule has 0 saturated carbocycles. The number of carbonyl (C=O) groups is 1. The zero-order valence-electron chi connectivity index (χ0n) is 7.74. The van der Waals surface area contributed by atoms with Crippen LogP contribution in [-0.2, 0) is 0 Å². The second-order valence-electron chi connectivity index (χ2n) is 3.11. The third kappa shape index (κ3) is 1.87. The standard InChI is InChI=1S/C10H8BrNO3/c11-6-1-2-7-9(5-6)15-4-3-8(12-14)10(7)13/h1-2,5,14H,3-4H2/b12-8+. The lowest BCUT2D eigenvalue weighted by atomic mass is 10.1. The lowest BCUT2D eigenvalue weighted by Gasteiger charge is -2.05. The van der Waals surface area contributed by atoms with Crippen LogP contribution < -0.4 is 4.74 Å². The van der Waals surface area contributed by atoms with Crippen molar-refractivity contribution in [1.82, 2.24) is 0 Å². The molecule has 1 aliphatic heterocycles. The van der Waals surface area contributed by atoms with E-state index in [1.807, 2.05) is 0 Å². The topological polar surface area (TPSA) is 58.9 Å². The molecule has 0 unspecified atom stereocenters. The first-order valence-corrected chi connectivity index (χ1v) is 5.19. The van der Waals surface area contributed by atoms with E-state index in [2.05, 4.69) is 21.1 Å². The molecule has 0 radical (unpaired) electrons. The van der Waals surface area contributed by atoms with Crippen LogP contribution in [0.3, 0.4) is 0 Å². The third-order valence-corrected chi connectivity index (χ3v) is 2.66. The molecule has 0 aromatic heterocycles. The van der Waals surface area contributed by atoms with Crippen LogP contribution in [0.4, 0.5) is 0 Å². The van der Waals surface area contributed by atoms with Crippen molar-refractivity contribution in [2.75, 3.05) is 6.61 Å². The summed E-state index contributed by atoms with van der Waals surface area (Å²) in [5.41, 5.74) is 0.569. The first-order chi connectivity index (χ1) is 7.22. The molecule has 1 heterocycles. The fourth-order valence-corrected chi connectivity index (χ4v) is 1.77. The summed E-state index contributed by atoms with van der Waals surface area (Å²) in [4.78, 5) is 11.8. The van der Waals surface area contributed by atoms with Gasteiger partial charge in [-0.2, -0.15) is 0 Å². The molecule has 15 heavy (non-hydrogen) atoms. The van der Waals surface area contributed by atoms with Gasteiger partial charge in [0.25, 0.3) is 0 Å². The number of hydrogen-bond donors (Lipinski definition) is 1. The number of fused-ring (bicyclic) bond motifs is 1. The normalized spacial score (nSPS) is 18.2. The Hall–Kier alpha value is -1.36. The van der Waals surface area contributed by atoms with Gasteiger partial charge in [-0.25, -0.2) is 0 Å². The molecule has 2 rings (SSSR count). The summed E-state index contributed by atoms with van der Waals surface area (Å²) >= 11 is 3.30. The van der Waals surface area contributed by atoms with Gasteiger partial charge >= 0.3 is 0 Å². The Bertz CT molecular complexity index is 442. The van der Waals surface area contributed by atoms with Gasteiger partial charge in [-0.1, -0.05) is 21.1 Å². The van der Waals surface area contributed by atoms with Gasteiger partial charge in [-0.3, -0.25) is 4.79 Å². The first kappa shape index (κ1) is 10.2. The number of carbonyl (C=O) groups excluding carboxylic acids is 1. The lowest BCUT2D eigenvalue weighted by molar-refractivity contribution is 0.106. The maximum atomic E-state index is 11.8. The third-order valence-electron chi connectivity index (χ3n) is 2.17. The number of rotatable bonds is 0. The van der Waals surface area contributed by atoms with Crippen molar-refractivity contribution in [3.63, 3.8) is 0 Å². The maximum Gasteiger partial charge on any atom is 0.214 e. The van der Waals surface area contributed by atoms with Crippen LogP contribution in [0.15, 0.2) is 27.8 Å². The Labute approximate surface area is 94.7 Å². The van der Waals surface area contributed by atoms with Gasteiger partial charge in [0.1, 0.15) is 11.5 Å². The molecule has 0 aliphatic carbocycles. The second kappa shape index (κ2) is 4.02. The van der Waals surface area contributed by atoms with Crippen molar-refractivity contribution < 1.29 is 14.7 Å². The highest BCUT2D eigenvalue weighted by molar-refractivity contribution is 9.10. The lowest BCUT2D eigenvalue weighted by Crippen LogP contribution is -2.13. The van der Waals surface area contributed by atoms with Gasteiger partial charge < -0.3 is 9.94 Å². The average Bonchev–Trinajstić information content (AvgIpc) is 2.37. The van der Waals surface area contributed by atoms with E-state index in [1.165, 1.54) is 0 Å². The summed E-state index contributed by atoms with van der Waals surface area (Å²) in [5.74, 6) is 0.241. The smallest absolute Gasteiger partial charge is 0.214 e. The number of nitrogens with zero attached hydrogens (tertiary/aromatic N) is 1.